The molecule has 1 saturated heterocycles. The van der Waals surface area contributed by atoms with Gasteiger partial charge in [-0.15, -0.1) is 0 Å². The van der Waals surface area contributed by atoms with Crippen molar-refractivity contribution >= 4 is 15.9 Å². The summed E-state index contributed by atoms with van der Waals surface area (Å²) in [4.78, 5) is 15.1. The summed E-state index contributed by atoms with van der Waals surface area (Å²) < 4.78 is 27.5. The van der Waals surface area contributed by atoms with Crippen molar-refractivity contribution < 1.29 is 13.2 Å². The summed E-state index contributed by atoms with van der Waals surface area (Å²) >= 11 is 0. The van der Waals surface area contributed by atoms with Crippen molar-refractivity contribution in [1.29, 1.82) is 0 Å². The number of nitrogens with zero attached hydrogens (tertiary/aromatic N) is 2. The molecule has 1 aliphatic carbocycles. The topological polar surface area (TPSA) is 69.7 Å². The lowest BCUT2D eigenvalue weighted by molar-refractivity contribution is 0.0933. The van der Waals surface area contributed by atoms with Crippen LogP contribution in [-0.4, -0.2) is 62.3 Å². The Labute approximate surface area is 163 Å². The zero-order chi connectivity index (χ0) is 19.3. The second kappa shape index (κ2) is 9.17. The Morgan fingerprint density at radius 1 is 1.07 bits per heavy atom. The first-order valence-corrected chi connectivity index (χ1v) is 11.6. The summed E-state index contributed by atoms with van der Waals surface area (Å²) in [7, 11) is -3.56. The van der Waals surface area contributed by atoms with E-state index in [0.29, 0.717) is 18.7 Å². The lowest BCUT2D eigenvalue weighted by atomic mass is 10.1. The molecule has 1 aromatic rings. The van der Waals surface area contributed by atoms with E-state index in [1.807, 2.05) is 0 Å². The largest absolute Gasteiger partial charge is 0.349 e. The van der Waals surface area contributed by atoms with Crippen molar-refractivity contribution in [3.63, 3.8) is 0 Å². The molecule has 0 radical (unpaired) electrons. The molecule has 0 spiro atoms. The van der Waals surface area contributed by atoms with Crippen molar-refractivity contribution in [1.82, 2.24) is 14.5 Å². The van der Waals surface area contributed by atoms with Gasteiger partial charge in [0.2, 0.25) is 10.0 Å². The average molecular weight is 394 g/mol. The van der Waals surface area contributed by atoms with Crippen molar-refractivity contribution in [3.05, 3.63) is 29.8 Å². The molecule has 1 N–H and O–H groups in total. The summed E-state index contributed by atoms with van der Waals surface area (Å²) in [5.74, 6) is -0.172. The number of amides is 1. The van der Waals surface area contributed by atoms with Gasteiger partial charge in [-0.2, -0.15) is 4.31 Å². The van der Waals surface area contributed by atoms with E-state index in [1.165, 1.54) is 23.2 Å². The van der Waals surface area contributed by atoms with E-state index in [1.54, 1.807) is 18.2 Å². The highest BCUT2D eigenvalue weighted by atomic mass is 32.2. The average Bonchev–Trinajstić information content (AvgIpc) is 2.96. The highest BCUT2D eigenvalue weighted by Gasteiger charge is 2.28. The van der Waals surface area contributed by atoms with Crippen LogP contribution in [0.25, 0.3) is 0 Å². The van der Waals surface area contributed by atoms with Crippen LogP contribution in [0, 0.1) is 0 Å². The van der Waals surface area contributed by atoms with Gasteiger partial charge in [-0.3, -0.25) is 4.79 Å². The first-order chi connectivity index (χ1) is 13.0. The van der Waals surface area contributed by atoms with Crippen LogP contribution in [0.4, 0.5) is 0 Å². The predicted octanol–water partition coefficient (Wildman–Crippen LogP) is 2.47. The third-order valence-corrected chi connectivity index (χ3v) is 7.60. The quantitative estimate of drug-likeness (QED) is 0.780. The van der Waals surface area contributed by atoms with Crippen LogP contribution in [0.1, 0.15) is 55.8 Å². The van der Waals surface area contributed by atoms with Crippen LogP contribution >= 0.6 is 0 Å². The number of nitrogens with one attached hydrogen (secondary N) is 1. The number of carbonyl (C=O) groups is 1. The number of sulfonamides is 1. The number of hydrogen-bond donors (Lipinski definition) is 1. The minimum Gasteiger partial charge on any atom is -0.349 e. The molecule has 0 aromatic heterocycles. The molecule has 0 atom stereocenters. The highest BCUT2D eigenvalue weighted by Crippen LogP contribution is 2.20. The number of carbonyl (C=O) groups excluding carboxylic acids is 1. The molecule has 7 heteroatoms. The minimum absolute atomic E-state index is 0.172. The van der Waals surface area contributed by atoms with E-state index >= 15 is 0 Å². The Morgan fingerprint density at radius 3 is 2.37 bits per heavy atom. The van der Waals surface area contributed by atoms with E-state index in [0.717, 1.165) is 45.3 Å². The van der Waals surface area contributed by atoms with Crippen LogP contribution in [0.2, 0.25) is 0 Å². The normalized spacial score (nSPS) is 20.9. The third-order valence-electron chi connectivity index (χ3n) is 5.70. The number of hydrogen-bond acceptors (Lipinski definition) is 4. The Kier molecular flexibility index (Phi) is 6.89. The van der Waals surface area contributed by atoms with Gasteiger partial charge in [0.05, 0.1) is 4.90 Å². The Morgan fingerprint density at radius 2 is 1.74 bits per heavy atom. The SMILES string of the molecule is CCN1CCN(S(=O)(=O)c2cccc(C(=O)NC3CCCCCC3)c2)CC1. The van der Waals surface area contributed by atoms with E-state index in [-0.39, 0.29) is 16.8 Å². The Bertz CT molecular complexity index is 735. The van der Waals surface area contributed by atoms with Gasteiger partial charge in [-0.05, 0) is 37.6 Å². The smallest absolute Gasteiger partial charge is 0.251 e. The molecule has 1 amide bonds. The maximum atomic E-state index is 13.0. The fourth-order valence-corrected chi connectivity index (χ4v) is 5.39. The molecule has 0 unspecified atom stereocenters. The molecular weight excluding hydrogens is 362 g/mol. The monoisotopic (exact) mass is 393 g/mol. The van der Waals surface area contributed by atoms with Gasteiger partial charge >= 0.3 is 0 Å². The van der Waals surface area contributed by atoms with E-state index in [4.69, 9.17) is 0 Å². The van der Waals surface area contributed by atoms with Gasteiger partial charge in [0.1, 0.15) is 0 Å². The van der Waals surface area contributed by atoms with Gasteiger partial charge in [-0.1, -0.05) is 38.7 Å². The molecule has 1 saturated carbocycles. The van der Waals surface area contributed by atoms with Crippen molar-refractivity contribution in [3.8, 4) is 0 Å². The molecule has 1 aromatic carbocycles. The maximum Gasteiger partial charge on any atom is 0.251 e. The van der Waals surface area contributed by atoms with Crippen LogP contribution in [0.15, 0.2) is 29.2 Å². The summed E-state index contributed by atoms with van der Waals surface area (Å²) in [6.07, 6.45) is 6.75. The van der Waals surface area contributed by atoms with Crippen molar-refractivity contribution in [2.45, 2.75) is 56.4 Å². The highest BCUT2D eigenvalue weighted by molar-refractivity contribution is 7.89. The van der Waals surface area contributed by atoms with Crippen LogP contribution in [0.5, 0.6) is 0 Å². The fourth-order valence-electron chi connectivity index (χ4n) is 3.93. The summed E-state index contributed by atoms with van der Waals surface area (Å²) in [5, 5.41) is 3.09. The number of rotatable bonds is 5. The standard InChI is InChI=1S/C20H31N3O3S/c1-2-22-12-14-23(15-13-22)27(25,26)19-11-7-8-17(16-19)20(24)21-18-9-5-3-4-6-10-18/h7-8,11,16,18H,2-6,9-10,12-15H2,1H3,(H,21,24). The van der Waals surface area contributed by atoms with Gasteiger partial charge < -0.3 is 10.2 Å². The fraction of sp³-hybridized carbons (Fsp3) is 0.650. The van der Waals surface area contributed by atoms with Crippen LogP contribution in [0.3, 0.4) is 0 Å². The Balaban J connectivity index is 1.69. The first-order valence-electron chi connectivity index (χ1n) is 10.1. The minimum atomic E-state index is -3.56. The lowest BCUT2D eigenvalue weighted by Gasteiger charge is -2.33. The number of piperazine rings is 1. The second-order valence-electron chi connectivity index (χ2n) is 7.53. The van der Waals surface area contributed by atoms with Gasteiger partial charge in [-0.25, -0.2) is 8.42 Å². The lowest BCUT2D eigenvalue weighted by Crippen LogP contribution is -2.48. The van der Waals surface area contributed by atoms with Gasteiger partial charge in [0, 0.05) is 37.8 Å². The molecule has 1 aliphatic heterocycles. The molecule has 2 fully saturated rings. The molecule has 6 nitrogen and oxygen atoms in total. The third kappa shape index (κ3) is 5.09. The van der Waals surface area contributed by atoms with Crippen molar-refractivity contribution in [2.75, 3.05) is 32.7 Å². The second-order valence-corrected chi connectivity index (χ2v) is 9.47. The zero-order valence-corrected chi connectivity index (χ0v) is 17.0. The van der Waals surface area contributed by atoms with Crippen molar-refractivity contribution in [2.24, 2.45) is 0 Å². The van der Waals surface area contributed by atoms with E-state index in [9.17, 15) is 13.2 Å². The van der Waals surface area contributed by atoms with Gasteiger partial charge in [0.15, 0.2) is 0 Å². The predicted molar refractivity (Wildman–Crippen MR) is 106 cm³/mol. The zero-order valence-electron chi connectivity index (χ0n) is 16.2. The molecule has 3 rings (SSSR count). The summed E-state index contributed by atoms with van der Waals surface area (Å²) in [6, 6.07) is 6.66. The molecule has 27 heavy (non-hydrogen) atoms. The summed E-state index contributed by atoms with van der Waals surface area (Å²) in [5.41, 5.74) is 0.424. The Hall–Kier alpha value is -1.44. The number of likely N-dealkylation sites (N-methyl/N-ethyl adjacent to an activating group) is 1. The molecule has 2 aliphatic rings. The first kappa shape index (κ1) is 20.3. The summed E-state index contributed by atoms with van der Waals surface area (Å²) in [6.45, 7) is 5.50. The van der Waals surface area contributed by atoms with Crippen LogP contribution < -0.4 is 5.32 Å². The van der Waals surface area contributed by atoms with E-state index in [2.05, 4.69) is 17.1 Å². The van der Waals surface area contributed by atoms with E-state index < -0.39 is 10.0 Å². The number of benzene rings is 1. The molecule has 1 heterocycles. The molecular formula is C20H31N3O3S. The molecule has 150 valence electrons. The molecule has 0 bridgehead atoms. The van der Waals surface area contributed by atoms with Crippen LogP contribution in [-0.2, 0) is 10.0 Å². The maximum absolute atomic E-state index is 13.0. The van der Waals surface area contributed by atoms with Gasteiger partial charge in [0.25, 0.3) is 5.91 Å².